The number of fused-ring (bicyclic) bond motifs is 2. The van der Waals surface area contributed by atoms with Crippen LogP contribution in [-0.2, 0) is 17.7 Å². The molecule has 1 aliphatic heterocycles. The number of aryl methyl sites for hydroxylation is 2. The minimum Gasteiger partial charge on any atom is -0.466 e. The lowest BCUT2D eigenvalue weighted by atomic mass is 10.0. The highest BCUT2D eigenvalue weighted by Gasteiger charge is 2.30. The molecule has 4 aromatic rings. The number of rotatable bonds is 4. The smallest absolute Gasteiger partial charge is 0.410 e. The number of benzene rings is 1. The quantitative estimate of drug-likeness (QED) is 0.386. The maximum atomic E-state index is 13.1. The molecule has 0 saturated carbocycles. The number of thiazole rings is 1. The van der Waals surface area contributed by atoms with Gasteiger partial charge in [0, 0.05) is 17.0 Å². The summed E-state index contributed by atoms with van der Waals surface area (Å²) >= 11 is 3.10. The summed E-state index contributed by atoms with van der Waals surface area (Å²) in [5.74, 6) is 1.06. The van der Waals surface area contributed by atoms with Gasteiger partial charge in [-0.1, -0.05) is 12.1 Å². The summed E-state index contributed by atoms with van der Waals surface area (Å²) in [6.07, 6.45) is 0.364. The fourth-order valence-corrected chi connectivity index (χ4v) is 6.46. The normalized spacial score (nSPS) is 13.2. The van der Waals surface area contributed by atoms with E-state index in [1.807, 2.05) is 31.2 Å². The van der Waals surface area contributed by atoms with E-state index in [-0.39, 0.29) is 12.0 Å². The Kier molecular flexibility index (Phi) is 5.67. The van der Waals surface area contributed by atoms with Crippen molar-refractivity contribution in [1.29, 1.82) is 0 Å². The fraction of sp³-hybridized carbons (Fsp3) is 0.292. The Balaban J connectivity index is 1.56. The Morgan fingerprint density at radius 3 is 2.79 bits per heavy atom. The van der Waals surface area contributed by atoms with E-state index in [9.17, 15) is 9.59 Å². The minimum absolute atomic E-state index is 0.215. The SMILES string of the molecule is CCOC(=O)N1CCc2c(sc(NC(=O)c3cc(C)oc3C)c2-c2nc3ccccc3s2)C1. The molecule has 33 heavy (non-hydrogen) atoms. The Bertz CT molecular complexity index is 1330. The highest BCUT2D eigenvalue weighted by molar-refractivity contribution is 7.23. The van der Waals surface area contributed by atoms with E-state index in [2.05, 4.69) is 5.32 Å². The zero-order valence-electron chi connectivity index (χ0n) is 18.6. The van der Waals surface area contributed by atoms with Crippen molar-refractivity contribution in [2.45, 2.75) is 33.7 Å². The second-order valence-electron chi connectivity index (χ2n) is 7.85. The number of carbonyl (C=O) groups excluding carboxylic acids is 2. The van der Waals surface area contributed by atoms with Gasteiger partial charge in [0.1, 0.15) is 21.5 Å². The Hall–Kier alpha value is -3.17. The summed E-state index contributed by atoms with van der Waals surface area (Å²) in [6.45, 7) is 6.77. The molecule has 0 atom stereocenters. The molecule has 1 aliphatic rings. The van der Waals surface area contributed by atoms with E-state index in [4.69, 9.17) is 14.1 Å². The molecule has 5 rings (SSSR count). The molecule has 0 radical (unpaired) electrons. The predicted octanol–water partition coefficient (Wildman–Crippen LogP) is 6.00. The molecule has 0 aliphatic carbocycles. The summed E-state index contributed by atoms with van der Waals surface area (Å²) in [6, 6.07) is 9.76. The molecular weight excluding hydrogens is 458 g/mol. The van der Waals surface area contributed by atoms with Crippen molar-refractivity contribution in [3.05, 3.63) is 57.9 Å². The summed E-state index contributed by atoms with van der Waals surface area (Å²) in [4.78, 5) is 33.0. The van der Waals surface area contributed by atoms with Crippen LogP contribution >= 0.6 is 22.7 Å². The topological polar surface area (TPSA) is 84.7 Å². The lowest BCUT2D eigenvalue weighted by Crippen LogP contribution is -2.35. The number of nitrogens with one attached hydrogen (secondary N) is 1. The summed E-state index contributed by atoms with van der Waals surface area (Å²) in [7, 11) is 0. The molecule has 1 aromatic carbocycles. The molecular formula is C24H23N3O4S2. The molecule has 170 valence electrons. The number of nitrogens with zero attached hydrogens (tertiary/aromatic N) is 2. The van der Waals surface area contributed by atoms with Crippen LogP contribution in [0.4, 0.5) is 9.80 Å². The fourth-order valence-electron chi connectivity index (χ4n) is 4.09. The lowest BCUT2D eigenvalue weighted by molar-refractivity contribution is 0.102. The third-order valence-electron chi connectivity index (χ3n) is 5.60. The minimum atomic E-state index is -0.312. The van der Waals surface area contributed by atoms with Gasteiger partial charge in [0.2, 0.25) is 0 Å². The average Bonchev–Trinajstić information content (AvgIpc) is 3.46. The average molecular weight is 482 g/mol. The van der Waals surface area contributed by atoms with E-state index >= 15 is 0 Å². The Labute approximate surface area is 199 Å². The van der Waals surface area contributed by atoms with Crippen molar-refractivity contribution in [2.75, 3.05) is 18.5 Å². The Morgan fingerprint density at radius 1 is 1.24 bits per heavy atom. The van der Waals surface area contributed by atoms with Gasteiger partial charge in [-0.05, 0) is 51.0 Å². The molecule has 2 amide bonds. The number of para-hydroxylation sites is 1. The highest BCUT2D eigenvalue weighted by atomic mass is 32.1. The van der Waals surface area contributed by atoms with Gasteiger partial charge in [-0.2, -0.15) is 0 Å². The van der Waals surface area contributed by atoms with Crippen LogP contribution in [-0.4, -0.2) is 35.0 Å². The molecule has 1 N–H and O–H groups in total. The molecule has 7 nitrogen and oxygen atoms in total. The number of hydrogen-bond donors (Lipinski definition) is 1. The molecule has 0 unspecified atom stereocenters. The number of thiophene rings is 1. The third kappa shape index (κ3) is 4.02. The van der Waals surface area contributed by atoms with Crippen LogP contribution in [0.5, 0.6) is 0 Å². The second-order valence-corrected chi connectivity index (χ2v) is 9.98. The van der Waals surface area contributed by atoms with Crippen LogP contribution in [0.1, 0.15) is 39.2 Å². The first-order valence-electron chi connectivity index (χ1n) is 10.7. The first-order valence-corrected chi connectivity index (χ1v) is 12.4. The predicted molar refractivity (Wildman–Crippen MR) is 130 cm³/mol. The van der Waals surface area contributed by atoms with E-state index in [1.165, 1.54) is 11.3 Å². The zero-order valence-corrected chi connectivity index (χ0v) is 20.2. The van der Waals surface area contributed by atoms with Gasteiger partial charge in [-0.25, -0.2) is 9.78 Å². The largest absolute Gasteiger partial charge is 0.466 e. The molecule has 0 fully saturated rings. The summed E-state index contributed by atoms with van der Waals surface area (Å²) in [5.41, 5.74) is 3.53. The van der Waals surface area contributed by atoms with Crippen molar-refractivity contribution in [2.24, 2.45) is 0 Å². The van der Waals surface area contributed by atoms with Crippen LogP contribution in [0.2, 0.25) is 0 Å². The number of amides is 2. The highest BCUT2D eigenvalue weighted by Crippen LogP contribution is 2.46. The number of aromatic nitrogens is 1. The first kappa shape index (κ1) is 21.7. The maximum absolute atomic E-state index is 13.1. The molecule has 9 heteroatoms. The third-order valence-corrected chi connectivity index (χ3v) is 7.79. The molecule has 4 heterocycles. The maximum Gasteiger partial charge on any atom is 0.410 e. The second kappa shape index (κ2) is 8.64. The van der Waals surface area contributed by atoms with Gasteiger partial charge >= 0.3 is 6.09 Å². The van der Waals surface area contributed by atoms with Crippen molar-refractivity contribution in [1.82, 2.24) is 9.88 Å². The van der Waals surface area contributed by atoms with Gasteiger partial charge in [0.25, 0.3) is 5.91 Å². The Morgan fingerprint density at radius 2 is 2.06 bits per heavy atom. The van der Waals surface area contributed by atoms with Crippen molar-refractivity contribution in [3.63, 3.8) is 0 Å². The van der Waals surface area contributed by atoms with Gasteiger partial charge in [0.15, 0.2) is 0 Å². The van der Waals surface area contributed by atoms with Crippen LogP contribution < -0.4 is 5.32 Å². The first-order chi connectivity index (χ1) is 15.9. The number of ether oxygens (including phenoxy) is 1. The monoisotopic (exact) mass is 481 g/mol. The van der Waals surface area contributed by atoms with E-state index < -0.39 is 0 Å². The standard InChI is InChI=1S/C24H23N3O4S2/c1-4-30-24(29)27-10-9-15-19(12-27)33-23(26-21(28)16-11-13(2)31-14(16)3)20(15)22-25-17-7-5-6-8-18(17)32-22/h5-8,11H,4,9-10,12H2,1-3H3,(H,26,28). The van der Waals surface area contributed by atoms with Crippen molar-refractivity contribution in [3.8, 4) is 10.6 Å². The van der Waals surface area contributed by atoms with Gasteiger partial charge < -0.3 is 19.4 Å². The number of anilines is 1. The van der Waals surface area contributed by atoms with Crippen molar-refractivity contribution < 1.29 is 18.7 Å². The van der Waals surface area contributed by atoms with Crippen LogP contribution in [0.3, 0.4) is 0 Å². The van der Waals surface area contributed by atoms with Gasteiger partial charge in [0.05, 0.1) is 28.9 Å². The molecule has 0 bridgehead atoms. The van der Waals surface area contributed by atoms with Crippen LogP contribution in [0.25, 0.3) is 20.8 Å². The lowest BCUT2D eigenvalue weighted by Gasteiger charge is -2.26. The zero-order chi connectivity index (χ0) is 23.1. The number of furan rings is 1. The molecule has 0 saturated heterocycles. The van der Waals surface area contributed by atoms with E-state index in [1.54, 1.807) is 36.2 Å². The van der Waals surface area contributed by atoms with E-state index in [0.717, 1.165) is 36.2 Å². The summed E-state index contributed by atoms with van der Waals surface area (Å²) in [5, 5.41) is 4.71. The molecule has 3 aromatic heterocycles. The number of carbonyl (C=O) groups is 2. The number of hydrogen-bond acceptors (Lipinski definition) is 7. The van der Waals surface area contributed by atoms with Gasteiger partial charge in [-0.3, -0.25) is 4.79 Å². The van der Waals surface area contributed by atoms with E-state index in [0.29, 0.717) is 43.2 Å². The summed E-state index contributed by atoms with van der Waals surface area (Å²) < 4.78 is 11.8. The van der Waals surface area contributed by atoms with Gasteiger partial charge in [-0.15, -0.1) is 22.7 Å². The van der Waals surface area contributed by atoms with Crippen LogP contribution in [0.15, 0.2) is 34.7 Å². The van der Waals surface area contributed by atoms with Crippen LogP contribution in [0, 0.1) is 13.8 Å². The van der Waals surface area contributed by atoms with Crippen molar-refractivity contribution >= 4 is 49.9 Å². The molecule has 0 spiro atoms.